The summed E-state index contributed by atoms with van der Waals surface area (Å²) >= 11 is 7.86. The lowest BCUT2D eigenvalue weighted by Gasteiger charge is -2.30. The molecule has 1 amide bonds. The van der Waals surface area contributed by atoms with Crippen molar-refractivity contribution < 1.29 is 19.1 Å². The van der Waals surface area contributed by atoms with Gasteiger partial charge >= 0.3 is 6.09 Å². The standard InChI is InChI=1S/C36H55ClN6O4S/c1-23-29-30(26-16-18-27(37)19-17-26)42-28(32(39)43(25(3)38)33(29)48-31(23)24(2)36(7,8)45-9)22-46-41-21-15-13-11-10-12-14-20-40-34(44)47-35(4,5)6/h16-19,24,28,38-39,41H,10-15,20-22H2,1-9H3,(H,40,44)/t24?,28-/m0/s1. The zero-order valence-corrected chi connectivity index (χ0v) is 31.7. The average molecular weight is 703 g/mol. The molecule has 4 N–H and O–H groups in total. The number of fused-ring (bicyclic) bond motifs is 1. The van der Waals surface area contributed by atoms with Crippen molar-refractivity contribution in [2.45, 2.75) is 117 Å². The number of methoxy groups -OCH3 is 1. The maximum atomic E-state index is 11.7. The fourth-order valence-corrected chi connectivity index (χ4v) is 7.15. The number of amides is 1. The molecule has 1 aromatic heterocycles. The van der Waals surface area contributed by atoms with Gasteiger partial charge in [0.2, 0.25) is 0 Å². The van der Waals surface area contributed by atoms with Crippen LogP contribution < -0.4 is 15.7 Å². The minimum absolute atomic E-state index is 0.0671. The second-order valence-corrected chi connectivity index (χ2v) is 15.3. The number of benzene rings is 1. The number of nitrogens with zero attached hydrogens (tertiary/aromatic N) is 2. The second kappa shape index (κ2) is 17.7. The number of carbonyl (C=O) groups excluding carboxylic acids is 1. The van der Waals surface area contributed by atoms with Crippen LogP contribution >= 0.6 is 22.9 Å². The van der Waals surface area contributed by atoms with Crippen LogP contribution in [0.2, 0.25) is 5.02 Å². The van der Waals surface area contributed by atoms with Crippen LogP contribution in [-0.2, 0) is 14.3 Å². The zero-order chi connectivity index (χ0) is 35.6. The van der Waals surface area contributed by atoms with Crippen molar-refractivity contribution in [3.05, 3.63) is 50.9 Å². The third-order valence-electron chi connectivity index (χ3n) is 8.58. The van der Waals surface area contributed by atoms with Crippen molar-refractivity contribution in [3.8, 4) is 0 Å². The molecular weight excluding hydrogens is 648 g/mol. The van der Waals surface area contributed by atoms with Gasteiger partial charge in [0, 0.05) is 47.1 Å². The third kappa shape index (κ3) is 10.8. The van der Waals surface area contributed by atoms with E-state index in [0.29, 0.717) is 18.1 Å². The van der Waals surface area contributed by atoms with E-state index in [4.69, 9.17) is 36.3 Å². The van der Waals surface area contributed by atoms with E-state index >= 15 is 0 Å². The predicted octanol–water partition coefficient (Wildman–Crippen LogP) is 8.63. The Morgan fingerprint density at radius 1 is 1.06 bits per heavy atom. The lowest BCUT2D eigenvalue weighted by atomic mass is 9.88. The van der Waals surface area contributed by atoms with Gasteiger partial charge in [-0.2, -0.15) is 0 Å². The molecule has 1 unspecified atom stereocenters. The summed E-state index contributed by atoms with van der Waals surface area (Å²) in [6.07, 6.45) is 5.84. The van der Waals surface area contributed by atoms with Gasteiger partial charge in [-0.3, -0.25) is 25.5 Å². The fraction of sp³-hybridized carbons (Fsp3) is 0.611. The molecule has 3 rings (SSSR count). The minimum atomic E-state index is -0.631. The fourth-order valence-electron chi connectivity index (χ4n) is 5.42. The number of hydrogen-bond donors (Lipinski definition) is 4. The number of hydrogen-bond acceptors (Lipinski definition) is 9. The van der Waals surface area contributed by atoms with Crippen LogP contribution in [0.5, 0.6) is 0 Å². The number of halogens is 1. The molecule has 1 aliphatic rings. The lowest BCUT2D eigenvalue weighted by Crippen LogP contribution is -2.42. The first kappa shape index (κ1) is 39.6. The Labute approximate surface area is 295 Å². The van der Waals surface area contributed by atoms with E-state index in [1.54, 1.807) is 30.3 Å². The molecule has 0 saturated heterocycles. The molecule has 1 aliphatic heterocycles. The summed E-state index contributed by atoms with van der Waals surface area (Å²) in [7, 11) is 1.73. The molecule has 2 heterocycles. The monoisotopic (exact) mass is 702 g/mol. The first-order chi connectivity index (χ1) is 22.6. The number of aliphatic imine (C=N–C) groups is 1. The number of ether oxygens (including phenoxy) is 2. The molecule has 12 heteroatoms. The summed E-state index contributed by atoms with van der Waals surface area (Å²) in [5.74, 6) is 0.512. The van der Waals surface area contributed by atoms with Crippen molar-refractivity contribution >= 4 is 51.4 Å². The van der Waals surface area contributed by atoms with Gasteiger partial charge in [-0.05, 0) is 79.0 Å². The average Bonchev–Trinajstić information content (AvgIpc) is 3.27. The van der Waals surface area contributed by atoms with Gasteiger partial charge in [-0.1, -0.05) is 56.3 Å². The molecule has 0 bridgehead atoms. The molecule has 10 nitrogen and oxygen atoms in total. The number of anilines is 1. The number of carbonyl (C=O) groups is 1. The van der Waals surface area contributed by atoms with E-state index in [-0.39, 0.29) is 30.3 Å². The lowest BCUT2D eigenvalue weighted by molar-refractivity contribution is 0.00394. The van der Waals surface area contributed by atoms with Gasteiger partial charge in [-0.15, -0.1) is 11.3 Å². The summed E-state index contributed by atoms with van der Waals surface area (Å²) in [6, 6.07) is 6.97. The molecule has 0 saturated carbocycles. The SMILES string of the molecule is COC(C)(C)C(C)c1sc2c(c1C)C(c1ccc(Cl)cc1)=N[C@@H](CONCCCCCCCCNC(=O)OC(C)(C)C)C(=N)N2C(C)=N. The molecule has 2 aromatic rings. The van der Waals surface area contributed by atoms with Crippen molar-refractivity contribution in [1.29, 1.82) is 10.8 Å². The summed E-state index contributed by atoms with van der Waals surface area (Å²) in [4.78, 5) is 25.6. The van der Waals surface area contributed by atoms with E-state index in [0.717, 1.165) is 70.8 Å². The normalized spacial score (nSPS) is 15.9. The number of thiophene rings is 1. The molecule has 266 valence electrons. The van der Waals surface area contributed by atoms with Crippen LogP contribution in [0.3, 0.4) is 0 Å². The molecule has 1 aromatic carbocycles. The summed E-state index contributed by atoms with van der Waals surface area (Å²) in [6.45, 7) is 17.1. The molecule has 0 aliphatic carbocycles. The van der Waals surface area contributed by atoms with E-state index in [9.17, 15) is 10.2 Å². The molecule has 0 spiro atoms. The van der Waals surface area contributed by atoms with Crippen molar-refractivity contribution in [2.24, 2.45) is 4.99 Å². The molecule has 0 radical (unpaired) electrons. The Bertz CT molecular complexity index is 1430. The number of hydroxylamine groups is 1. The first-order valence-electron chi connectivity index (χ1n) is 16.8. The summed E-state index contributed by atoms with van der Waals surface area (Å²) in [5.41, 5.74) is 5.81. The number of unbranched alkanes of at least 4 members (excludes halogenated alkanes) is 5. The van der Waals surface area contributed by atoms with Crippen LogP contribution in [0.15, 0.2) is 29.3 Å². The minimum Gasteiger partial charge on any atom is -0.444 e. The van der Waals surface area contributed by atoms with Crippen molar-refractivity contribution in [2.75, 3.05) is 31.7 Å². The molecule has 2 atom stereocenters. The van der Waals surface area contributed by atoms with Gasteiger partial charge in [-0.25, -0.2) is 10.3 Å². The van der Waals surface area contributed by atoms with Crippen LogP contribution in [0.25, 0.3) is 0 Å². The highest BCUT2D eigenvalue weighted by Gasteiger charge is 2.38. The van der Waals surface area contributed by atoms with Crippen LogP contribution in [-0.4, -0.2) is 67.5 Å². The Morgan fingerprint density at radius 2 is 1.67 bits per heavy atom. The summed E-state index contributed by atoms with van der Waals surface area (Å²) < 4.78 is 11.1. The van der Waals surface area contributed by atoms with Gasteiger partial charge in [0.15, 0.2) is 0 Å². The first-order valence-corrected chi connectivity index (χ1v) is 18.0. The van der Waals surface area contributed by atoms with Crippen molar-refractivity contribution in [1.82, 2.24) is 10.8 Å². The van der Waals surface area contributed by atoms with Gasteiger partial charge in [0.05, 0.1) is 17.9 Å². The highest BCUT2D eigenvalue weighted by Crippen LogP contribution is 2.46. The number of alkyl carbamates (subject to hydrolysis) is 1. The zero-order valence-electron chi connectivity index (χ0n) is 30.1. The van der Waals surface area contributed by atoms with Crippen molar-refractivity contribution in [3.63, 3.8) is 0 Å². The van der Waals surface area contributed by atoms with E-state index < -0.39 is 17.2 Å². The predicted molar refractivity (Wildman–Crippen MR) is 199 cm³/mol. The highest BCUT2D eigenvalue weighted by atomic mass is 35.5. The van der Waals surface area contributed by atoms with E-state index in [1.165, 1.54) is 0 Å². The highest BCUT2D eigenvalue weighted by molar-refractivity contribution is 7.17. The van der Waals surface area contributed by atoms with Gasteiger partial charge in [0.1, 0.15) is 28.3 Å². The Morgan fingerprint density at radius 3 is 2.25 bits per heavy atom. The third-order valence-corrected chi connectivity index (χ3v) is 10.3. The Balaban J connectivity index is 1.64. The van der Waals surface area contributed by atoms with Crippen LogP contribution in [0.1, 0.15) is 114 Å². The number of rotatable bonds is 16. The van der Waals surface area contributed by atoms with Crippen LogP contribution in [0, 0.1) is 17.7 Å². The Hall–Kier alpha value is -2.83. The van der Waals surface area contributed by atoms with E-state index in [1.807, 2.05) is 45.0 Å². The maximum Gasteiger partial charge on any atom is 0.407 e. The van der Waals surface area contributed by atoms with Gasteiger partial charge < -0.3 is 14.8 Å². The van der Waals surface area contributed by atoms with Crippen LogP contribution in [0.4, 0.5) is 9.80 Å². The number of nitrogens with one attached hydrogen (secondary N) is 4. The largest absolute Gasteiger partial charge is 0.444 e. The Kier molecular flexibility index (Phi) is 14.6. The molecule has 48 heavy (non-hydrogen) atoms. The quantitative estimate of drug-likeness (QED) is 0.0599. The smallest absolute Gasteiger partial charge is 0.407 e. The molecule has 0 fully saturated rings. The maximum absolute atomic E-state index is 11.7. The van der Waals surface area contributed by atoms with E-state index in [2.05, 4.69) is 38.5 Å². The second-order valence-electron chi connectivity index (χ2n) is 13.9. The number of amidine groups is 2. The topological polar surface area (TPSA) is 132 Å². The van der Waals surface area contributed by atoms with Gasteiger partial charge in [0.25, 0.3) is 0 Å². The molecular formula is C36H55ClN6O4S. The summed E-state index contributed by atoms with van der Waals surface area (Å²) in [5, 5.41) is 22.2.